The molecule has 104 valence electrons. The van der Waals surface area contributed by atoms with E-state index in [1.807, 2.05) is 24.4 Å². The van der Waals surface area contributed by atoms with Crippen molar-refractivity contribution in [1.29, 1.82) is 0 Å². The van der Waals surface area contributed by atoms with E-state index < -0.39 is 0 Å². The van der Waals surface area contributed by atoms with Gasteiger partial charge in [0.05, 0.1) is 6.20 Å². The number of nitrogens with zero attached hydrogens (tertiary/aromatic N) is 1. The summed E-state index contributed by atoms with van der Waals surface area (Å²) in [7, 11) is 0. The lowest BCUT2D eigenvalue weighted by Gasteiger charge is -2.11. The van der Waals surface area contributed by atoms with E-state index in [-0.39, 0.29) is 0 Å². The van der Waals surface area contributed by atoms with Gasteiger partial charge in [-0.05, 0) is 49.4 Å². The van der Waals surface area contributed by atoms with E-state index in [0.717, 1.165) is 23.6 Å². The molecular formula is C16H18N2OS. The highest BCUT2D eigenvalue weighted by Gasteiger charge is 2.20. The van der Waals surface area contributed by atoms with Gasteiger partial charge in [0.2, 0.25) is 0 Å². The van der Waals surface area contributed by atoms with E-state index in [9.17, 15) is 0 Å². The number of pyridine rings is 1. The zero-order valence-corrected chi connectivity index (χ0v) is 12.3. The molecule has 0 amide bonds. The van der Waals surface area contributed by atoms with E-state index >= 15 is 0 Å². The number of benzene rings is 1. The third-order valence-electron chi connectivity index (χ3n) is 3.32. The second-order valence-electron chi connectivity index (χ2n) is 4.92. The summed E-state index contributed by atoms with van der Waals surface area (Å²) in [5.74, 6) is 1.68. The monoisotopic (exact) mass is 286 g/mol. The summed E-state index contributed by atoms with van der Waals surface area (Å²) < 4.78 is 5.95. The molecule has 3 rings (SSSR count). The number of ether oxygens (including phenoxy) is 1. The number of thioether (sulfide) groups is 1. The second-order valence-corrected chi connectivity index (χ2v) is 5.80. The molecule has 0 bridgehead atoms. The first kappa shape index (κ1) is 13.5. The Kier molecular flexibility index (Phi) is 4.23. The molecule has 3 nitrogen and oxygen atoms in total. The Bertz CT molecular complexity index is 567. The normalized spacial score (nSPS) is 14.2. The summed E-state index contributed by atoms with van der Waals surface area (Å²) in [6.45, 7) is 0.839. The van der Waals surface area contributed by atoms with Crippen LogP contribution in [-0.2, 0) is 6.54 Å². The van der Waals surface area contributed by atoms with Crippen molar-refractivity contribution < 1.29 is 4.74 Å². The van der Waals surface area contributed by atoms with Crippen molar-refractivity contribution in [3.8, 4) is 11.5 Å². The minimum absolute atomic E-state index is 0.692. The highest BCUT2D eigenvalue weighted by molar-refractivity contribution is 7.98. The van der Waals surface area contributed by atoms with Gasteiger partial charge in [0, 0.05) is 29.2 Å². The van der Waals surface area contributed by atoms with Gasteiger partial charge in [0.25, 0.3) is 0 Å². The fourth-order valence-electron chi connectivity index (χ4n) is 1.96. The van der Waals surface area contributed by atoms with Crippen LogP contribution in [0.1, 0.15) is 18.4 Å². The second kappa shape index (κ2) is 6.29. The molecule has 0 aliphatic heterocycles. The molecule has 1 heterocycles. The Labute approximate surface area is 123 Å². The Morgan fingerprint density at radius 1 is 1.25 bits per heavy atom. The van der Waals surface area contributed by atoms with Crippen molar-refractivity contribution in [2.75, 3.05) is 6.26 Å². The zero-order chi connectivity index (χ0) is 13.8. The third-order valence-corrected chi connectivity index (χ3v) is 4.06. The molecule has 0 spiro atoms. The zero-order valence-electron chi connectivity index (χ0n) is 11.5. The number of rotatable bonds is 6. The standard InChI is InChI=1S/C16H18N2OS/c1-20-15-6-4-14(5-7-15)19-16-11-17-9-8-12(16)10-18-13-2-3-13/h4-9,11,13,18H,2-3,10H2,1H3. The summed E-state index contributed by atoms with van der Waals surface area (Å²) in [6.07, 6.45) is 8.24. The summed E-state index contributed by atoms with van der Waals surface area (Å²) in [6, 6.07) is 10.8. The summed E-state index contributed by atoms with van der Waals surface area (Å²) in [5, 5.41) is 3.51. The number of hydrogen-bond acceptors (Lipinski definition) is 4. The highest BCUT2D eigenvalue weighted by atomic mass is 32.2. The van der Waals surface area contributed by atoms with Gasteiger partial charge in [-0.2, -0.15) is 0 Å². The molecule has 1 aliphatic rings. The molecule has 1 aromatic carbocycles. The van der Waals surface area contributed by atoms with E-state index in [0.29, 0.717) is 6.04 Å². The van der Waals surface area contributed by atoms with Gasteiger partial charge in [-0.1, -0.05) is 0 Å². The van der Waals surface area contributed by atoms with Crippen LogP contribution in [0.5, 0.6) is 11.5 Å². The molecule has 20 heavy (non-hydrogen) atoms. The van der Waals surface area contributed by atoms with Crippen molar-refractivity contribution in [3.05, 3.63) is 48.3 Å². The van der Waals surface area contributed by atoms with E-state index in [4.69, 9.17) is 4.74 Å². The van der Waals surface area contributed by atoms with Gasteiger partial charge in [0.15, 0.2) is 0 Å². The molecule has 0 atom stereocenters. The van der Waals surface area contributed by atoms with Crippen LogP contribution in [0.4, 0.5) is 0 Å². The molecular weight excluding hydrogens is 268 g/mol. The molecule has 2 aromatic rings. The predicted octanol–water partition coefficient (Wildman–Crippen LogP) is 3.85. The van der Waals surface area contributed by atoms with Crippen molar-refractivity contribution in [1.82, 2.24) is 10.3 Å². The Morgan fingerprint density at radius 3 is 2.75 bits per heavy atom. The average Bonchev–Trinajstić information content (AvgIpc) is 3.31. The molecule has 0 unspecified atom stereocenters. The van der Waals surface area contributed by atoms with Crippen LogP contribution in [0.25, 0.3) is 0 Å². The average molecular weight is 286 g/mol. The topological polar surface area (TPSA) is 34.1 Å². The number of aromatic nitrogens is 1. The van der Waals surface area contributed by atoms with Crippen LogP contribution < -0.4 is 10.1 Å². The van der Waals surface area contributed by atoms with Gasteiger partial charge in [-0.25, -0.2) is 0 Å². The molecule has 0 radical (unpaired) electrons. The van der Waals surface area contributed by atoms with Gasteiger partial charge in [0.1, 0.15) is 11.5 Å². The highest BCUT2D eigenvalue weighted by Crippen LogP contribution is 2.27. The number of hydrogen-bond donors (Lipinski definition) is 1. The Balaban J connectivity index is 1.71. The lowest BCUT2D eigenvalue weighted by molar-refractivity contribution is 0.469. The number of nitrogens with one attached hydrogen (secondary N) is 1. The van der Waals surface area contributed by atoms with Crippen LogP contribution in [0.3, 0.4) is 0 Å². The van der Waals surface area contributed by atoms with Crippen molar-refractivity contribution in [2.24, 2.45) is 0 Å². The quantitative estimate of drug-likeness (QED) is 0.818. The van der Waals surface area contributed by atoms with E-state index in [1.165, 1.54) is 17.7 Å². The van der Waals surface area contributed by atoms with E-state index in [2.05, 4.69) is 28.7 Å². The minimum Gasteiger partial charge on any atom is -0.455 e. The predicted molar refractivity (Wildman–Crippen MR) is 82.4 cm³/mol. The maximum Gasteiger partial charge on any atom is 0.150 e. The van der Waals surface area contributed by atoms with Gasteiger partial charge >= 0.3 is 0 Å². The molecule has 1 aliphatic carbocycles. The van der Waals surface area contributed by atoms with Crippen molar-refractivity contribution >= 4 is 11.8 Å². The van der Waals surface area contributed by atoms with Crippen LogP contribution >= 0.6 is 11.8 Å². The Morgan fingerprint density at radius 2 is 2.05 bits per heavy atom. The van der Waals surface area contributed by atoms with Crippen molar-refractivity contribution in [2.45, 2.75) is 30.3 Å². The van der Waals surface area contributed by atoms with Gasteiger partial charge in [-0.15, -0.1) is 11.8 Å². The lowest BCUT2D eigenvalue weighted by Crippen LogP contribution is -2.15. The molecule has 1 fully saturated rings. The molecule has 4 heteroatoms. The first-order valence-electron chi connectivity index (χ1n) is 6.83. The van der Waals surface area contributed by atoms with Gasteiger partial charge in [-0.3, -0.25) is 4.98 Å². The van der Waals surface area contributed by atoms with E-state index in [1.54, 1.807) is 18.0 Å². The first-order valence-corrected chi connectivity index (χ1v) is 8.06. The minimum atomic E-state index is 0.692. The summed E-state index contributed by atoms with van der Waals surface area (Å²) in [5.41, 5.74) is 1.15. The summed E-state index contributed by atoms with van der Waals surface area (Å²) in [4.78, 5) is 5.40. The van der Waals surface area contributed by atoms with Crippen LogP contribution in [-0.4, -0.2) is 17.3 Å². The van der Waals surface area contributed by atoms with Crippen LogP contribution in [0.15, 0.2) is 47.6 Å². The lowest BCUT2D eigenvalue weighted by atomic mass is 10.2. The SMILES string of the molecule is CSc1ccc(Oc2cnccc2CNC2CC2)cc1. The fourth-order valence-corrected chi connectivity index (χ4v) is 2.37. The smallest absolute Gasteiger partial charge is 0.150 e. The summed E-state index contributed by atoms with van der Waals surface area (Å²) >= 11 is 1.73. The first-order chi connectivity index (χ1) is 9.85. The third kappa shape index (κ3) is 3.52. The van der Waals surface area contributed by atoms with Crippen molar-refractivity contribution in [3.63, 3.8) is 0 Å². The fraction of sp³-hybridized carbons (Fsp3) is 0.312. The molecule has 0 saturated heterocycles. The molecule has 1 saturated carbocycles. The largest absolute Gasteiger partial charge is 0.455 e. The van der Waals surface area contributed by atoms with Crippen LogP contribution in [0, 0.1) is 0 Å². The molecule has 1 aromatic heterocycles. The van der Waals surface area contributed by atoms with Crippen LogP contribution in [0.2, 0.25) is 0 Å². The maximum absolute atomic E-state index is 5.95. The maximum atomic E-state index is 5.95. The molecule has 1 N–H and O–H groups in total. The van der Waals surface area contributed by atoms with Gasteiger partial charge < -0.3 is 10.1 Å². The Hall–Kier alpha value is -1.52.